The number of aryl methyl sites for hydroxylation is 1. The summed E-state index contributed by atoms with van der Waals surface area (Å²) in [7, 11) is 0. The Bertz CT molecular complexity index is 1070. The van der Waals surface area contributed by atoms with E-state index in [-0.39, 0.29) is 17.1 Å². The molecule has 0 aromatic carbocycles. The fraction of sp³-hybridized carbons (Fsp3) is 0.333. The van der Waals surface area contributed by atoms with Crippen LogP contribution in [-0.4, -0.2) is 21.7 Å². The van der Waals surface area contributed by atoms with Crippen LogP contribution in [0, 0.1) is 12.3 Å². The number of hydrogen-bond acceptors (Lipinski definition) is 5. The quantitative estimate of drug-likeness (QED) is 0.810. The molecule has 1 aliphatic carbocycles. The van der Waals surface area contributed by atoms with Crippen molar-refractivity contribution in [2.24, 2.45) is 5.41 Å². The van der Waals surface area contributed by atoms with E-state index in [1.165, 1.54) is 0 Å². The number of aromatic nitrogens is 2. The normalized spacial score (nSPS) is 20.5. The predicted molar refractivity (Wildman–Crippen MR) is 115 cm³/mol. The van der Waals surface area contributed by atoms with Crippen LogP contribution in [0.15, 0.2) is 65.4 Å². The molecule has 0 saturated carbocycles. The van der Waals surface area contributed by atoms with Crippen LogP contribution in [0.4, 0.5) is 5.82 Å². The Morgan fingerprint density at radius 3 is 2.63 bits per heavy atom. The zero-order valence-corrected chi connectivity index (χ0v) is 17.7. The maximum absolute atomic E-state index is 13.4. The molecule has 2 aliphatic rings. The van der Waals surface area contributed by atoms with E-state index in [1.54, 1.807) is 24.7 Å². The average Bonchev–Trinajstić information content (AvgIpc) is 2.68. The molecule has 2 aromatic heterocycles. The summed E-state index contributed by atoms with van der Waals surface area (Å²) in [5.74, 6) is -0.168. The SMILES string of the molecule is CC1=C(C(=O)Nc2ccc(C)cn2)[C@H](c2cccnc2)C2=C(CC(C)(C)CC2=O)N1. The summed E-state index contributed by atoms with van der Waals surface area (Å²) < 4.78 is 0. The predicted octanol–water partition coefficient (Wildman–Crippen LogP) is 4.03. The van der Waals surface area contributed by atoms with Crippen molar-refractivity contribution in [1.29, 1.82) is 0 Å². The lowest BCUT2D eigenvalue weighted by Gasteiger charge is -2.39. The van der Waals surface area contributed by atoms with Gasteiger partial charge in [0.1, 0.15) is 5.82 Å². The Kier molecular flexibility index (Phi) is 5.02. The van der Waals surface area contributed by atoms with E-state index in [9.17, 15) is 9.59 Å². The molecule has 0 fully saturated rings. The van der Waals surface area contributed by atoms with Crippen molar-refractivity contribution in [1.82, 2.24) is 15.3 Å². The lowest BCUT2D eigenvalue weighted by atomic mass is 9.68. The van der Waals surface area contributed by atoms with Gasteiger partial charge in [-0.3, -0.25) is 14.6 Å². The number of rotatable bonds is 3. The van der Waals surface area contributed by atoms with Gasteiger partial charge in [0.15, 0.2) is 5.78 Å². The molecule has 6 nitrogen and oxygen atoms in total. The van der Waals surface area contributed by atoms with Gasteiger partial charge < -0.3 is 10.6 Å². The highest BCUT2D eigenvalue weighted by molar-refractivity contribution is 6.09. The number of dihydropyridines is 1. The molecule has 4 rings (SSSR count). The number of carbonyl (C=O) groups excluding carboxylic acids is 2. The summed E-state index contributed by atoms with van der Waals surface area (Å²) in [5, 5.41) is 6.26. The maximum Gasteiger partial charge on any atom is 0.255 e. The molecule has 0 bridgehead atoms. The van der Waals surface area contributed by atoms with E-state index in [0.29, 0.717) is 23.4 Å². The molecule has 0 saturated heterocycles. The molecule has 1 amide bonds. The van der Waals surface area contributed by atoms with Crippen LogP contribution in [0.2, 0.25) is 0 Å². The number of amides is 1. The van der Waals surface area contributed by atoms with E-state index >= 15 is 0 Å². The van der Waals surface area contributed by atoms with Crippen molar-refractivity contribution in [2.45, 2.75) is 46.5 Å². The van der Waals surface area contributed by atoms with Crippen LogP contribution in [0.1, 0.15) is 50.7 Å². The molecular weight excluding hydrogens is 376 g/mol. The van der Waals surface area contributed by atoms with Crippen molar-refractivity contribution in [3.8, 4) is 0 Å². The smallest absolute Gasteiger partial charge is 0.255 e. The topological polar surface area (TPSA) is 84.0 Å². The van der Waals surface area contributed by atoms with Gasteiger partial charge in [-0.05, 0) is 48.9 Å². The van der Waals surface area contributed by atoms with Crippen molar-refractivity contribution in [3.05, 3.63) is 76.5 Å². The third kappa shape index (κ3) is 3.77. The lowest BCUT2D eigenvalue weighted by molar-refractivity contribution is -0.118. The van der Waals surface area contributed by atoms with Crippen molar-refractivity contribution < 1.29 is 9.59 Å². The van der Waals surface area contributed by atoms with Gasteiger partial charge in [-0.15, -0.1) is 0 Å². The second kappa shape index (κ2) is 7.52. The second-order valence-electron chi connectivity index (χ2n) is 8.89. The van der Waals surface area contributed by atoms with Gasteiger partial charge in [0.25, 0.3) is 5.91 Å². The Hall–Kier alpha value is -3.28. The zero-order valence-electron chi connectivity index (χ0n) is 17.7. The van der Waals surface area contributed by atoms with E-state index in [0.717, 1.165) is 28.9 Å². The first-order valence-electron chi connectivity index (χ1n) is 10.1. The van der Waals surface area contributed by atoms with Gasteiger partial charge in [-0.25, -0.2) is 4.98 Å². The summed E-state index contributed by atoms with van der Waals surface area (Å²) in [6, 6.07) is 7.43. The highest BCUT2D eigenvalue weighted by Gasteiger charge is 2.42. The Morgan fingerprint density at radius 2 is 1.97 bits per heavy atom. The van der Waals surface area contributed by atoms with E-state index < -0.39 is 5.92 Å². The van der Waals surface area contributed by atoms with Crippen LogP contribution >= 0.6 is 0 Å². The maximum atomic E-state index is 13.4. The second-order valence-corrected chi connectivity index (χ2v) is 8.89. The van der Waals surface area contributed by atoms with Gasteiger partial charge in [0, 0.05) is 53.5 Å². The molecule has 0 spiro atoms. The van der Waals surface area contributed by atoms with Crippen molar-refractivity contribution in [3.63, 3.8) is 0 Å². The largest absolute Gasteiger partial charge is 0.362 e. The number of Topliss-reactive ketones (excluding diaryl/α,β-unsaturated/α-hetero) is 1. The molecule has 0 unspecified atom stereocenters. The molecule has 1 atom stereocenters. The average molecular weight is 402 g/mol. The van der Waals surface area contributed by atoms with E-state index in [4.69, 9.17) is 0 Å². The number of nitrogens with zero attached hydrogens (tertiary/aromatic N) is 2. The first-order chi connectivity index (χ1) is 14.2. The third-order valence-corrected chi connectivity index (χ3v) is 5.66. The van der Waals surface area contributed by atoms with Gasteiger partial charge >= 0.3 is 0 Å². The highest BCUT2D eigenvalue weighted by Crippen LogP contribution is 2.46. The minimum Gasteiger partial charge on any atom is -0.362 e. The summed E-state index contributed by atoms with van der Waals surface area (Å²) in [6.45, 7) is 8.02. The van der Waals surface area contributed by atoms with Crippen LogP contribution in [-0.2, 0) is 9.59 Å². The number of anilines is 1. The molecule has 2 aromatic rings. The van der Waals surface area contributed by atoms with Crippen LogP contribution in [0.3, 0.4) is 0 Å². The van der Waals surface area contributed by atoms with Gasteiger partial charge in [-0.2, -0.15) is 0 Å². The number of carbonyl (C=O) groups is 2. The Morgan fingerprint density at radius 1 is 1.17 bits per heavy atom. The number of nitrogens with one attached hydrogen (secondary N) is 2. The summed E-state index contributed by atoms with van der Waals surface area (Å²) >= 11 is 0. The molecule has 1 aliphatic heterocycles. The Balaban J connectivity index is 1.78. The number of pyridine rings is 2. The summed E-state index contributed by atoms with van der Waals surface area (Å²) in [4.78, 5) is 35.1. The standard InChI is InChI=1S/C24H26N4O2/c1-14-7-8-19(26-12-14)28-23(30)20-15(2)27-17-10-24(3,4)11-18(29)22(17)21(20)16-6-5-9-25-13-16/h5-9,12-13,21,27H,10-11H2,1-4H3,(H,26,28,30)/t21-/m0/s1. The minimum atomic E-state index is -0.455. The molecule has 154 valence electrons. The van der Waals surface area contributed by atoms with Gasteiger partial charge in [-0.1, -0.05) is 26.0 Å². The molecule has 6 heteroatoms. The molecule has 0 radical (unpaired) electrons. The highest BCUT2D eigenvalue weighted by atomic mass is 16.2. The fourth-order valence-corrected chi connectivity index (χ4v) is 4.34. The lowest BCUT2D eigenvalue weighted by Crippen LogP contribution is -2.39. The first-order valence-corrected chi connectivity index (χ1v) is 10.1. The molecule has 3 heterocycles. The first kappa shape index (κ1) is 20.0. The zero-order chi connectivity index (χ0) is 21.5. The third-order valence-electron chi connectivity index (χ3n) is 5.66. The molecule has 2 N–H and O–H groups in total. The van der Waals surface area contributed by atoms with Gasteiger partial charge in [0.05, 0.1) is 0 Å². The molecule has 30 heavy (non-hydrogen) atoms. The minimum absolute atomic E-state index is 0.0777. The van der Waals surface area contributed by atoms with Crippen LogP contribution < -0.4 is 10.6 Å². The van der Waals surface area contributed by atoms with E-state index in [1.807, 2.05) is 32.0 Å². The Labute approximate surface area is 176 Å². The van der Waals surface area contributed by atoms with Gasteiger partial charge in [0.2, 0.25) is 0 Å². The fourth-order valence-electron chi connectivity index (χ4n) is 4.34. The van der Waals surface area contributed by atoms with Crippen LogP contribution in [0.5, 0.6) is 0 Å². The number of allylic oxidation sites excluding steroid dienone is 3. The number of hydrogen-bond donors (Lipinski definition) is 2. The van der Waals surface area contributed by atoms with E-state index in [2.05, 4.69) is 34.4 Å². The summed E-state index contributed by atoms with van der Waals surface area (Å²) in [6.07, 6.45) is 6.35. The summed E-state index contributed by atoms with van der Waals surface area (Å²) in [5.41, 5.74) is 4.59. The van der Waals surface area contributed by atoms with Crippen molar-refractivity contribution in [2.75, 3.05) is 5.32 Å². The molecular formula is C24H26N4O2. The van der Waals surface area contributed by atoms with Crippen molar-refractivity contribution >= 4 is 17.5 Å². The van der Waals surface area contributed by atoms with Crippen LogP contribution in [0.25, 0.3) is 0 Å². The monoisotopic (exact) mass is 402 g/mol. The number of ketones is 1.